The zero-order valence-corrected chi connectivity index (χ0v) is 17.4. The fourth-order valence-corrected chi connectivity index (χ4v) is 3.54. The molecule has 0 saturated heterocycles. The molecule has 0 atom stereocenters. The van der Waals surface area contributed by atoms with Crippen LogP contribution < -0.4 is 21.9 Å². The van der Waals surface area contributed by atoms with Crippen LogP contribution in [0.2, 0.25) is 0 Å². The van der Waals surface area contributed by atoms with Crippen LogP contribution in [-0.4, -0.2) is 48.2 Å². The van der Waals surface area contributed by atoms with Gasteiger partial charge in [0.2, 0.25) is 5.95 Å². The molecule has 3 N–H and O–H groups in total. The number of nitrogens with two attached hydrogens (primary N) is 1. The lowest BCUT2D eigenvalue weighted by Crippen LogP contribution is -2.44. The quantitative estimate of drug-likeness (QED) is 0.495. The molecule has 0 aliphatic heterocycles. The number of aryl methyl sites for hydroxylation is 1. The summed E-state index contributed by atoms with van der Waals surface area (Å²) in [4.78, 5) is 43.6. The van der Waals surface area contributed by atoms with Crippen molar-refractivity contribution in [1.29, 1.82) is 0 Å². The fraction of sp³-hybridized carbons (Fsp3) is 0.350. The van der Waals surface area contributed by atoms with Crippen molar-refractivity contribution in [3.63, 3.8) is 0 Å². The number of anilines is 1. The number of hydrogen-bond donors (Lipinski definition) is 2. The molecule has 30 heavy (non-hydrogen) atoms. The van der Waals surface area contributed by atoms with Crippen molar-refractivity contribution in [2.45, 2.75) is 25.9 Å². The molecule has 10 heteroatoms. The van der Waals surface area contributed by atoms with Crippen molar-refractivity contribution in [3.05, 3.63) is 57.1 Å². The second-order valence-corrected chi connectivity index (χ2v) is 8.25. The molecule has 0 amide bonds. The van der Waals surface area contributed by atoms with Crippen molar-refractivity contribution in [2.24, 2.45) is 12.8 Å². The van der Waals surface area contributed by atoms with E-state index in [-0.39, 0.29) is 12.1 Å². The van der Waals surface area contributed by atoms with Gasteiger partial charge in [-0.1, -0.05) is 12.1 Å². The Hall–Kier alpha value is -3.53. The Morgan fingerprint density at radius 3 is 2.77 bits per heavy atom. The number of aromatic nitrogens is 6. The Bertz CT molecular complexity index is 1360. The highest BCUT2D eigenvalue weighted by Gasteiger charge is 2.20. The first-order chi connectivity index (χ1) is 14.1. The van der Waals surface area contributed by atoms with E-state index in [1.165, 1.54) is 15.5 Å². The maximum Gasteiger partial charge on any atom is 0.332 e. The zero-order valence-electron chi connectivity index (χ0n) is 17.4. The summed E-state index contributed by atoms with van der Waals surface area (Å²) in [7, 11) is 3.44. The number of nitrogens with zero attached hydrogens (tertiary/aromatic N) is 6. The Kier molecular flexibility index (Phi) is 4.65. The maximum atomic E-state index is 13.1. The van der Waals surface area contributed by atoms with E-state index in [4.69, 9.17) is 5.73 Å². The minimum absolute atomic E-state index is 0.126. The Morgan fingerprint density at radius 2 is 2.03 bits per heavy atom. The van der Waals surface area contributed by atoms with Gasteiger partial charge in [0, 0.05) is 37.8 Å². The summed E-state index contributed by atoms with van der Waals surface area (Å²) in [5.41, 5.74) is 6.92. The van der Waals surface area contributed by atoms with E-state index in [2.05, 4.69) is 19.9 Å². The number of likely N-dealkylation sites (N-methyl/N-ethyl adjacent to an activating group) is 1. The molecular weight excluding hydrogens is 384 g/mol. The minimum atomic E-state index is -0.445. The van der Waals surface area contributed by atoms with Crippen LogP contribution >= 0.6 is 0 Å². The summed E-state index contributed by atoms with van der Waals surface area (Å²) in [5, 5.41) is 0.890. The van der Waals surface area contributed by atoms with Crippen LogP contribution in [0, 0.1) is 0 Å². The van der Waals surface area contributed by atoms with Crippen molar-refractivity contribution in [1.82, 2.24) is 29.1 Å². The highest BCUT2D eigenvalue weighted by Crippen LogP contribution is 2.15. The molecule has 156 valence electrons. The standard InChI is InChI=1S/C20H24N8O2/c1-20(2,21)10-26(3)18-24-15-16(25-18)27(4)19(30)28(17(15)29)9-12-5-6-13-8-22-11-23-14(13)7-12/h5-8,11H,9-10,21H2,1-4H3,(H,24,25). The number of benzene rings is 1. The number of aromatic amines is 1. The number of hydrogen-bond acceptors (Lipinski definition) is 7. The third-order valence-electron chi connectivity index (χ3n) is 4.89. The predicted octanol–water partition coefficient (Wildman–Crippen LogP) is 0.588. The summed E-state index contributed by atoms with van der Waals surface area (Å²) in [6.07, 6.45) is 3.18. The van der Waals surface area contributed by atoms with Gasteiger partial charge in [-0.15, -0.1) is 0 Å². The Morgan fingerprint density at radius 1 is 1.27 bits per heavy atom. The number of H-pyrrole nitrogens is 1. The number of nitrogens with one attached hydrogen (secondary N) is 1. The zero-order chi connectivity index (χ0) is 21.6. The highest BCUT2D eigenvalue weighted by atomic mass is 16.2. The predicted molar refractivity (Wildman–Crippen MR) is 116 cm³/mol. The molecule has 1 aromatic carbocycles. The number of imidazole rings is 1. The lowest BCUT2D eigenvalue weighted by atomic mass is 10.1. The molecule has 0 saturated carbocycles. The van der Waals surface area contributed by atoms with Gasteiger partial charge < -0.3 is 15.6 Å². The molecular formula is C20H24N8O2. The normalized spacial score (nSPS) is 12.0. The van der Waals surface area contributed by atoms with Crippen LogP contribution in [-0.2, 0) is 13.6 Å². The maximum absolute atomic E-state index is 13.1. The molecule has 4 rings (SSSR count). The molecule has 4 aromatic rings. The summed E-state index contributed by atoms with van der Waals surface area (Å²) >= 11 is 0. The third kappa shape index (κ3) is 3.57. The van der Waals surface area contributed by atoms with Gasteiger partial charge in [0.25, 0.3) is 5.56 Å². The van der Waals surface area contributed by atoms with Crippen molar-refractivity contribution in [3.8, 4) is 0 Å². The first-order valence-corrected chi connectivity index (χ1v) is 9.52. The third-order valence-corrected chi connectivity index (χ3v) is 4.89. The molecule has 0 unspecified atom stereocenters. The van der Waals surface area contributed by atoms with Gasteiger partial charge in [-0.3, -0.25) is 13.9 Å². The molecule has 0 bridgehead atoms. The topological polar surface area (TPSA) is 128 Å². The van der Waals surface area contributed by atoms with Crippen molar-refractivity contribution in [2.75, 3.05) is 18.5 Å². The first-order valence-electron chi connectivity index (χ1n) is 9.52. The molecule has 0 radical (unpaired) electrons. The first kappa shape index (κ1) is 19.8. The van der Waals surface area contributed by atoms with Gasteiger partial charge in [0.1, 0.15) is 6.33 Å². The van der Waals surface area contributed by atoms with Crippen LogP contribution in [0.4, 0.5) is 5.95 Å². The number of rotatable bonds is 5. The van der Waals surface area contributed by atoms with Crippen LogP contribution in [0.3, 0.4) is 0 Å². The monoisotopic (exact) mass is 408 g/mol. The molecule has 0 aliphatic carbocycles. The lowest BCUT2D eigenvalue weighted by Gasteiger charge is -2.25. The van der Waals surface area contributed by atoms with Gasteiger partial charge >= 0.3 is 5.69 Å². The SMILES string of the molecule is CN(CC(C)(C)N)c1nc2c([nH]1)c(=O)n(Cc1ccc3cncnc3c1)c(=O)n2C. The Balaban J connectivity index is 1.78. The van der Waals surface area contributed by atoms with E-state index < -0.39 is 16.8 Å². The van der Waals surface area contributed by atoms with Crippen molar-refractivity contribution >= 4 is 28.0 Å². The fourth-order valence-electron chi connectivity index (χ4n) is 3.54. The molecule has 10 nitrogen and oxygen atoms in total. The van der Waals surface area contributed by atoms with E-state index >= 15 is 0 Å². The smallest absolute Gasteiger partial charge is 0.332 e. The van der Waals surface area contributed by atoms with E-state index in [0.29, 0.717) is 18.1 Å². The minimum Gasteiger partial charge on any atom is -0.344 e. The van der Waals surface area contributed by atoms with Gasteiger partial charge in [0.05, 0.1) is 12.1 Å². The highest BCUT2D eigenvalue weighted by molar-refractivity contribution is 5.78. The summed E-state index contributed by atoms with van der Waals surface area (Å²) < 4.78 is 2.57. The van der Waals surface area contributed by atoms with E-state index in [9.17, 15) is 9.59 Å². The second kappa shape index (κ2) is 7.06. The number of fused-ring (bicyclic) bond motifs is 2. The van der Waals surface area contributed by atoms with Gasteiger partial charge in [-0.25, -0.2) is 14.8 Å². The second-order valence-electron chi connectivity index (χ2n) is 8.25. The molecule has 0 fully saturated rings. The van der Waals surface area contributed by atoms with E-state index in [1.54, 1.807) is 13.2 Å². The average molecular weight is 408 g/mol. The van der Waals surface area contributed by atoms with Crippen molar-refractivity contribution < 1.29 is 0 Å². The molecule has 0 spiro atoms. The molecule has 3 heterocycles. The van der Waals surface area contributed by atoms with Gasteiger partial charge in [-0.05, 0) is 25.5 Å². The van der Waals surface area contributed by atoms with E-state index in [1.807, 2.05) is 44.0 Å². The average Bonchev–Trinajstić information content (AvgIpc) is 3.14. The van der Waals surface area contributed by atoms with Crippen LogP contribution in [0.25, 0.3) is 22.1 Å². The Labute approximate surface area is 172 Å². The van der Waals surface area contributed by atoms with Crippen LogP contribution in [0.1, 0.15) is 19.4 Å². The largest absolute Gasteiger partial charge is 0.344 e. The molecule has 3 aromatic heterocycles. The van der Waals surface area contributed by atoms with E-state index in [0.717, 1.165) is 16.5 Å². The lowest BCUT2D eigenvalue weighted by molar-refractivity contribution is 0.516. The molecule has 0 aliphatic rings. The van der Waals surface area contributed by atoms with Crippen LogP contribution in [0.5, 0.6) is 0 Å². The summed E-state index contributed by atoms with van der Waals surface area (Å²) in [5.74, 6) is 0.482. The summed E-state index contributed by atoms with van der Waals surface area (Å²) in [6, 6.07) is 5.58. The van der Waals surface area contributed by atoms with Crippen LogP contribution in [0.15, 0.2) is 40.3 Å². The summed E-state index contributed by atoms with van der Waals surface area (Å²) in [6.45, 7) is 4.46. The van der Waals surface area contributed by atoms with Gasteiger partial charge in [0.15, 0.2) is 11.2 Å². The van der Waals surface area contributed by atoms with Gasteiger partial charge in [-0.2, -0.15) is 4.98 Å².